The first-order valence-corrected chi connectivity index (χ1v) is 13.0. The third kappa shape index (κ3) is 4.81. The molecule has 0 amide bonds. The quantitative estimate of drug-likeness (QED) is 0.419. The van der Waals surface area contributed by atoms with Crippen molar-refractivity contribution in [3.8, 4) is 23.1 Å². The van der Waals surface area contributed by atoms with Gasteiger partial charge in [0.2, 0.25) is 5.88 Å². The second kappa shape index (κ2) is 10.3. The second-order valence-corrected chi connectivity index (χ2v) is 10.7. The molecule has 1 aromatic heterocycles. The SMILES string of the molecule is CC(C)(C(=O)O)[C@H]1CC[C@H](Oc2[nH]c3ccc(-c4c(F)cc(N5CCOCC5)cc4F)cc3c2C#N)CC1. The molecule has 5 rings (SSSR count). The number of nitrogens with zero attached hydrogens (tertiary/aromatic N) is 2. The van der Waals surface area contributed by atoms with Crippen molar-refractivity contribution in [2.45, 2.75) is 45.6 Å². The zero-order valence-electron chi connectivity index (χ0n) is 21.5. The topological polar surface area (TPSA) is 98.6 Å². The Labute approximate surface area is 220 Å². The molecule has 38 heavy (non-hydrogen) atoms. The van der Waals surface area contributed by atoms with Gasteiger partial charge in [-0.05, 0) is 75.3 Å². The van der Waals surface area contributed by atoms with Crippen molar-refractivity contribution in [2.75, 3.05) is 31.2 Å². The first kappa shape index (κ1) is 26.0. The third-order valence-corrected chi connectivity index (χ3v) is 8.10. The smallest absolute Gasteiger partial charge is 0.309 e. The Morgan fingerprint density at radius 3 is 2.39 bits per heavy atom. The van der Waals surface area contributed by atoms with Gasteiger partial charge in [0.05, 0.1) is 24.2 Å². The molecule has 2 N–H and O–H groups in total. The summed E-state index contributed by atoms with van der Waals surface area (Å²) < 4.78 is 41.9. The second-order valence-electron chi connectivity index (χ2n) is 10.7. The van der Waals surface area contributed by atoms with Crippen LogP contribution in [0.2, 0.25) is 0 Å². The standard InChI is InChI=1S/C29H31F2N3O4/c1-29(2,28(35)36)18-4-6-20(7-5-18)38-27-22(16-32)21-13-17(3-8-25(21)33-27)26-23(30)14-19(15-24(26)31)34-9-11-37-12-10-34/h3,8,13-15,18,20,33H,4-7,9-12H2,1-2H3,(H,35,36)/t18-,20-. The summed E-state index contributed by atoms with van der Waals surface area (Å²) in [5, 5.41) is 20.0. The Morgan fingerprint density at radius 2 is 1.79 bits per heavy atom. The first-order valence-electron chi connectivity index (χ1n) is 13.0. The van der Waals surface area contributed by atoms with Crippen molar-refractivity contribution in [3.05, 3.63) is 47.5 Å². The maximum absolute atomic E-state index is 15.2. The third-order valence-electron chi connectivity index (χ3n) is 8.10. The summed E-state index contributed by atoms with van der Waals surface area (Å²) in [4.78, 5) is 16.6. The van der Waals surface area contributed by atoms with Gasteiger partial charge in [0, 0.05) is 29.7 Å². The average Bonchev–Trinajstić information content (AvgIpc) is 3.25. The van der Waals surface area contributed by atoms with Crippen LogP contribution in [-0.4, -0.2) is 48.5 Å². The predicted molar refractivity (Wildman–Crippen MR) is 139 cm³/mol. The fourth-order valence-corrected chi connectivity index (χ4v) is 5.61. The van der Waals surface area contributed by atoms with Crippen LogP contribution in [0.5, 0.6) is 5.88 Å². The number of morpholine rings is 1. The summed E-state index contributed by atoms with van der Waals surface area (Å²) in [5.41, 5.74) is 0.776. The molecule has 1 saturated carbocycles. The lowest BCUT2D eigenvalue weighted by Gasteiger charge is -2.36. The number of aliphatic carboxylic acids is 1. The number of anilines is 1. The van der Waals surface area contributed by atoms with Crippen LogP contribution in [0.1, 0.15) is 45.1 Å². The molecule has 2 aromatic carbocycles. The minimum atomic E-state index is -0.802. The summed E-state index contributed by atoms with van der Waals surface area (Å²) in [6.45, 7) is 5.68. The summed E-state index contributed by atoms with van der Waals surface area (Å²) >= 11 is 0. The van der Waals surface area contributed by atoms with Gasteiger partial charge in [0.15, 0.2) is 0 Å². The number of benzene rings is 2. The van der Waals surface area contributed by atoms with Crippen LogP contribution in [0, 0.1) is 34.3 Å². The number of hydrogen-bond donors (Lipinski definition) is 2. The van der Waals surface area contributed by atoms with Gasteiger partial charge in [-0.1, -0.05) is 6.07 Å². The number of aromatic amines is 1. The zero-order chi connectivity index (χ0) is 27.0. The molecule has 1 saturated heterocycles. The van der Waals surface area contributed by atoms with E-state index in [2.05, 4.69) is 11.1 Å². The number of H-pyrrole nitrogens is 1. The first-order chi connectivity index (χ1) is 18.2. The Morgan fingerprint density at radius 1 is 1.13 bits per heavy atom. The number of hydrogen-bond acceptors (Lipinski definition) is 5. The van der Waals surface area contributed by atoms with Gasteiger partial charge < -0.3 is 24.5 Å². The molecular weight excluding hydrogens is 492 g/mol. The number of ether oxygens (including phenoxy) is 2. The summed E-state index contributed by atoms with van der Waals surface area (Å²) in [6, 6.07) is 9.78. The molecule has 1 aliphatic carbocycles. The highest BCUT2D eigenvalue weighted by atomic mass is 19.1. The number of nitrogens with one attached hydrogen (secondary N) is 1. The lowest BCUT2D eigenvalue weighted by atomic mass is 9.70. The minimum Gasteiger partial charge on any atom is -0.481 e. The van der Waals surface area contributed by atoms with Gasteiger partial charge in [-0.15, -0.1) is 0 Å². The van der Waals surface area contributed by atoms with Crippen molar-refractivity contribution in [3.63, 3.8) is 0 Å². The van der Waals surface area contributed by atoms with E-state index in [4.69, 9.17) is 9.47 Å². The fraction of sp³-hybridized carbons (Fsp3) is 0.448. The number of nitriles is 1. The number of aromatic nitrogens is 1. The Kier molecular flexibility index (Phi) is 7.01. The molecule has 0 atom stereocenters. The van der Waals surface area contributed by atoms with Crippen LogP contribution >= 0.6 is 0 Å². The molecule has 1 aliphatic heterocycles. The molecule has 0 unspecified atom stereocenters. The average molecular weight is 524 g/mol. The molecule has 3 aromatic rings. The minimum absolute atomic E-state index is 0.0555. The van der Waals surface area contributed by atoms with Crippen molar-refractivity contribution in [1.29, 1.82) is 5.26 Å². The summed E-state index contributed by atoms with van der Waals surface area (Å²) in [7, 11) is 0. The molecule has 7 nitrogen and oxygen atoms in total. The molecule has 9 heteroatoms. The monoisotopic (exact) mass is 523 g/mol. The van der Waals surface area contributed by atoms with Crippen molar-refractivity contribution in [1.82, 2.24) is 4.98 Å². The number of carbonyl (C=O) groups is 1. The van der Waals surface area contributed by atoms with Gasteiger partial charge in [0.25, 0.3) is 0 Å². The summed E-state index contributed by atoms with van der Waals surface area (Å²) in [6.07, 6.45) is 2.64. The highest BCUT2D eigenvalue weighted by Crippen LogP contribution is 2.41. The Bertz CT molecular complexity index is 1370. The lowest BCUT2D eigenvalue weighted by molar-refractivity contribution is -0.151. The largest absolute Gasteiger partial charge is 0.481 e. The molecule has 2 heterocycles. The fourth-order valence-electron chi connectivity index (χ4n) is 5.61. The van der Waals surface area contributed by atoms with Crippen LogP contribution in [0.15, 0.2) is 30.3 Å². The van der Waals surface area contributed by atoms with E-state index >= 15 is 8.78 Å². The maximum atomic E-state index is 15.2. The van der Waals surface area contributed by atoms with Gasteiger partial charge in [0.1, 0.15) is 29.4 Å². The van der Waals surface area contributed by atoms with Crippen molar-refractivity contribution >= 4 is 22.6 Å². The van der Waals surface area contributed by atoms with Crippen LogP contribution in [0.4, 0.5) is 14.5 Å². The van der Waals surface area contributed by atoms with E-state index in [0.717, 1.165) is 12.8 Å². The molecule has 0 bridgehead atoms. The van der Waals surface area contributed by atoms with E-state index in [1.165, 1.54) is 12.1 Å². The molecule has 0 spiro atoms. The number of rotatable bonds is 6. The van der Waals surface area contributed by atoms with Crippen LogP contribution in [0.3, 0.4) is 0 Å². The van der Waals surface area contributed by atoms with E-state index < -0.39 is 23.0 Å². The number of fused-ring (bicyclic) bond motifs is 1. The van der Waals surface area contributed by atoms with Crippen LogP contribution in [0.25, 0.3) is 22.0 Å². The number of halogens is 2. The van der Waals surface area contributed by atoms with Crippen molar-refractivity contribution in [2.24, 2.45) is 11.3 Å². The van der Waals surface area contributed by atoms with Crippen molar-refractivity contribution < 1.29 is 28.2 Å². The van der Waals surface area contributed by atoms with E-state index in [0.29, 0.717) is 67.2 Å². The van der Waals surface area contributed by atoms with E-state index in [9.17, 15) is 15.2 Å². The molecular formula is C29H31F2N3O4. The number of carboxylic acid groups (broad SMARTS) is 1. The lowest BCUT2D eigenvalue weighted by Crippen LogP contribution is -2.37. The Hall–Kier alpha value is -3.64. The van der Waals surface area contributed by atoms with Crippen LogP contribution < -0.4 is 9.64 Å². The van der Waals surface area contributed by atoms with Gasteiger partial charge in [-0.25, -0.2) is 8.78 Å². The molecule has 2 aliphatic rings. The molecule has 0 radical (unpaired) electrons. The normalized spacial score (nSPS) is 20.3. The highest BCUT2D eigenvalue weighted by Gasteiger charge is 2.39. The highest BCUT2D eigenvalue weighted by molar-refractivity contribution is 5.92. The number of carboxylic acids is 1. The van der Waals surface area contributed by atoms with Gasteiger partial charge in [-0.3, -0.25) is 4.79 Å². The molecule has 2 fully saturated rings. The van der Waals surface area contributed by atoms with E-state index in [1.807, 2.05) is 4.90 Å². The van der Waals surface area contributed by atoms with E-state index in [1.54, 1.807) is 32.0 Å². The van der Waals surface area contributed by atoms with E-state index in [-0.39, 0.29) is 23.1 Å². The van der Waals surface area contributed by atoms with Crippen LogP contribution in [-0.2, 0) is 9.53 Å². The maximum Gasteiger partial charge on any atom is 0.309 e. The Balaban J connectivity index is 1.38. The molecule has 200 valence electrons. The zero-order valence-corrected chi connectivity index (χ0v) is 21.5. The summed E-state index contributed by atoms with van der Waals surface area (Å²) in [5.74, 6) is -1.76. The predicted octanol–water partition coefficient (Wildman–Crippen LogP) is 5.87. The van der Waals surface area contributed by atoms with Gasteiger partial charge >= 0.3 is 5.97 Å². The van der Waals surface area contributed by atoms with Gasteiger partial charge in [-0.2, -0.15) is 5.26 Å².